The first-order valence-electron chi connectivity index (χ1n) is 8.35. The summed E-state index contributed by atoms with van der Waals surface area (Å²) in [6.45, 7) is 0.394. The number of carbonyl (C=O) groups is 2. The molecule has 0 bridgehead atoms. The van der Waals surface area contributed by atoms with Gasteiger partial charge in [0.25, 0.3) is 11.5 Å². The summed E-state index contributed by atoms with van der Waals surface area (Å²) in [4.78, 5) is 39.6. The van der Waals surface area contributed by atoms with Crippen LogP contribution in [0.5, 0.6) is 0 Å². The van der Waals surface area contributed by atoms with Crippen molar-refractivity contribution in [3.8, 4) is 0 Å². The molecule has 0 fully saturated rings. The Kier molecular flexibility index (Phi) is 5.78. The van der Waals surface area contributed by atoms with Crippen molar-refractivity contribution in [3.05, 3.63) is 82.8 Å². The SMILES string of the molecule is O=C(CCNC(=O)c1ccc(Cn2ccccc2=O)o1)Nc1ccccn1. The van der Waals surface area contributed by atoms with Crippen LogP contribution in [0.25, 0.3) is 0 Å². The average molecular weight is 366 g/mol. The minimum atomic E-state index is -0.424. The van der Waals surface area contributed by atoms with Crippen LogP contribution < -0.4 is 16.2 Å². The molecule has 0 saturated carbocycles. The first-order chi connectivity index (χ1) is 13.1. The molecule has 8 nitrogen and oxygen atoms in total. The van der Waals surface area contributed by atoms with Crippen molar-refractivity contribution in [2.75, 3.05) is 11.9 Å². The molecule has 0 spiro atoms. The Hall–Kier alpha value is -3.68. The van der Waals surface area contributed by atoms with Gasteiger partial charge in [-0.25, -0.2) is 4.98 Å². The second-order valence-corrected chi connectivity index (χ2v) is 5.70. The van der Waals surface area contributed by atoms with Crippen LogP contribution in [0.1, 0.15) is 22.7 Å². The predicted molar refractivity (Wildman–Crippen MR) is 98.3 cm³/mol. The molecule has 0 aliphatic heterocycles. The highest BCUT2D eigenvalue weighted by Crippen LogP contribution is 2.09. The minimum Gasteiger partial charge on any atom is -0.454 e. The van der Waals surface area contributed by atoms with Crippen LogP contribution in [0.2, 0.25) is 0 Å². The fourth-order valence-corrected chi connectivity index (χ4v) is 2.36. The molecule has 0 aromatic carbocycles. The van der Waals surface area contributed by atoms with Gasteiger partial charge >= 0.3 is 0 Å². The van der Waals surface area contributed by atoms with Gasteiger partial charge in [-0.3, -0.25) is 14.4 Å². The number of hydrogen-bond acceptors (Lipinski definition) is 5. The van der Waals surface area contributed by atoms with Crippen LogP contribution in [-0.4, -0.2) is 27.9 Å². The first-order valence-corrected chi connectivity index (χ1v) is 8.35. The molecule has 3 rings (SSSR count). The summed E-state index contributed by atoms with van der Waals surface area (Å²) >= 11 is 0. The van der Waals surface area contributed by atoms with Gasteiger partial charge in [-0.1, -0.05) is 12.1 Å². The van der Waals surface area contributed by atoms with E-state index in [2.05, 4.69) is 15.6 Å². The lowest BCUT2D eigenvalue weighted by Gasteiger charge is -2.05. The van der Waals surface area contributed by atoms with E-state index in [0.717, 1.165) is 0 Å². The summed E-state index contributed by atoms with van der Waals surface area (Å²) in [5, 5.41) is 5.26. The van der Waals surface area contributed by atoms with E-state index in [1.54, 1.807) is 48.8 Å². The predicted octanol–water partition coefficient (Wildman–Crippen LogP) is 1.64. The van der Waals surface area contributed by atoms with E-state index < -0.39 is 5.91 Å². The smallest absolute Gasteiger partial charge is 0.287 e. The van der Waals surface area contributed by atoms with Gasteiger partial charge in [-0.15, -0.1) is 0 Å². The number of nitrogens with zero attached hydrogens (tertiary/aromatic N) is 2. The minimum absolute atomic E-state index is 0.106. The van der Waals surface area contributed by atoms with E-state index in [9.17, 15) is 14.4 Å². The largest absolute Gasteiger partial charge is 0.454 e. The molecule has 8 heteroatoms. The molecule has 3 heterocycles. The van der Waals surface area contributed by atoms with Gasteiger partial charge in [0, 0.05) is 31.4 Å². The number of pyridine rings is 2. The molecule has 3 aromatic heterocycles. The third-order valence-corrected chi connectivity index (χ3v) is 3.68. The lowest BCUT2D eigenvalue weighted by atomic mass is 10.3. The maximum absolute atomic E-state index is 12.1. The Bertz CT molecular complexity index is 978. The molecule has 138 valence electrons. The topological polar surface area (TPSA) is 106 Å². The van der Waals surface area contributed by atoms with Gasteiger partial charge in [0.1, 0.15) is 11.6 Å². The maximum atomic E-state index is 12.1. The molecule has 3 aromatic rings. The Morgan fingerprint density at radius 2 is 1.93 bits per heavy atom. The number of carbonyl (C=O) groups excluding carboxylic acids is 2. The summed E-state index contributed by atoms with van der Waals surface area (Å²) in [5.74, 6) is 0.394. The van der Waals surface area contributed by atoms with Crippen molar-refractivity contribution in [1.82, 2.24) is 14.9 Å². The molecule has 2 amide bonds. The summed E-state index contributed by atoms with van der Waals surface area (Å²) in [7, 11) is 0. The van der Waals surface area contributed by atoms with Gasteiger partial charge < -0.3 is 19.6 Å². The molecule has 0 atom stereocenters. The molecule has 0 unspecified atom stereocenters. The van der Waals surface area contributed by atoms with Crippen molar-refractivity contribution in [2.45, 2.75) is 13.0 Å². The summed E-state index contributed by atoms with van der Waals surface area (Å²) < 4.78 is 6.95. The van der Waals surface area contributed by atoms with E-state index in [0.29, 0.717) is 11.6 Å². The van der Waals surface area contributed by atoms with Crippen LogP contribution in [0.4, 0.5) is 5.82 Å². The Labute approximate surface area is 154 Å². The van der Waals surface area contributed by atoms with Crippen LogP contribution in [0.3, 0.4) is 0 Å². The van der Waals surface area contributed by atoms with Gasteiger partial charge in [0.2, 0.25) is 5.91 Å². The van der Waals surface area contributed by atoms with Gasteiger partial charge in [-0.2, -0.15) is 0 Å². The summed E-state index contributed by atoms with van der Waals surface area (Å²) in [6, 6.07) is 13.2. The molecule has 2 N–H and O–H groups in total. The highest BCUT2D eigenvalue weighted by Gasteiger charge is 2.12. The number of anilines is 1. The first kappa shape index (κ1) is 18.1. The van der Waals surface area contributed by atoms with Crippen molar-refractivity contribution in [1.29, 1.82) is 0 Å². The molecule has 0 saturated heterocycles. The normalized spacial score (nSPS) is 10.4. The maximum Gasteiger partial charge on any atom is 0.287 e. The number of amides is 2. The Morgan fingerprint density at radius 1 is 1.07 bits per heavy atom. The quantitative estimate of drug-likeness (QED) is 0.661. The number of nitrogens with one attached hydrogen (secondary N) is 2. The van der Waals surface area contributed by atoms with Crippen molar-refractivity contribution < 1.29 is 14.0 Å². The average Bonchev–Trinajstić information content (AvgIpc) is 3.13. The van der Waals surface area contributed by atoms with Crippen molar-refractivity contribution >= 4 is 17.6 Å². The number of hydrogen-bond donors (Lipinski definition) is 2. The zero-order valence-electron chi connectivity index (χ0n) is 14.4. The van der Waals surface area contributed by atoms with E-state index >= 15 is 0 Å². The lowest BCUT2D eigenvalue weighted by molar-refractivity contribution is -0.116. The summed E-state index contributed by atoms with van der Waals surface area (Å²) in [5.41, 5.74) is -0.154. The Morgan fingerprint density at radius 3 is 2.70 bits per heavy atom. The van der Waals surface area contributed by atoms with Crippen LogP contribution in [0, 0.1) is 0 Å². The third kappa shape index (κ3) is 5.15. The molecular weight excluding hydrogens is 348 g/mol. The highest BCUT2D eigenvalue weighted by molar-refractivity contribution is 5.93. The zero-order chi connectivity index (χ0) is 19.1. The standard InChI is InChI=1S/C19H18N4O4/c24-17(22-16-5-1-3-10-20-16)9-11-21-19(26)15-8-7-14(27-15)13-23-12-4-2-6-18(23)25/h1-8,10,12H,9,11,13H2,(H,21,26)(H,20,22,24). The molecular formula is C19H18N4O4. The van der Waals surface area contributed by atoms with Crippen molar-refractivity contribution in [3.63, 3.8) is 0 Å². The Balaban J connectivity index is 1.47. The highest BCUT2D eigenvalue weighted by atomic mass is 16.4. The third-order valence-electron chi connectivity index (χ3n) is 3.68. The van der Waals surface area contributed by atoms with Gasteiger partial charge in [-0.05, 0) is 30.3 Å². The lowest BCUT2D eigenvalue weighted by Crippen LogP contribution is -2.27. The van der Waals surface area contributed by atoms with Crippen LogP contribution in [-0.2, 0) is 11.3 Å². The second-order valence-electron chi connectivity index (χ2n) is 5.70. The fraction of sp³-hybridized carbons (Fsp3) is 0.158. The number of rotatable bonds is 7. The fourth-order valence-electron chi connectivity index (χ4n) is 2.36. The molecule has 0 radical (unpaired) electrons. The molecule has 0 aliphatic rings. The van der Waals surface area contributed by atoms with E-state index in [1.807, 2.05) is 0 Å². The zero-order valence-corrected chi connectivity index (χ0v) is 14.4. The van der Waals surface area contributed by atoms with Gasteiger partial charge in [0.15, 0.2) is 5.76 Å². The summed E-state index contributed by atoms with van der Waals surface area (Å²) in [6.07, 6.45) is 3.33. The molecule has 27 heavy (non-hydrogen) atoms. The monoisotopic (exact) mass is 366 g/mol. The van der Waals surface area contributed by atoms with Crippen LogP contribution >= 0.6 is 0 Å². The van der Waals surface area contributed by atoms with E-state index in [4.69, 9.17) is 4.42 Å². The number of furan rings is 1. The van der Waals surface area contributed by atoms with Crippen LogP contribution in [0.15, 0.2) is 70.1 Å². The van der Waals surface area contributed by atoms with E-state index in [1.165, 1.54) is 16.7 Å². The molecule has 0 aliphatic carbocycles. The second kappa shape index (κ2) is 8.61. The van der Waals surface area contributed by atoms with Crippen molar-refractivity contribution in [2.24, 2.45) is 0 Å². The van der Waals surface area contributed by atoms with Gasteiger partial charge in [0.05, 0.1) is 6.54 Å². The number of aromatic nitrogens is 2. The van der Waals surface area contributed by atoms with E-state index in [-0.39, 0.29) is 36.7 Å².